The van der Waals surface area contributed by atoms with Crippen LogP contribution in [0.2, 0.25) is 0 Å². The monoisotopic (exact) mass is 244 g/mol. The summed E-state index contributed by atoms with van der Waals surface area (Å²) in [6.45, 7) is 4.97. The molecule has 0 saturated carbocycles. The number of carbonyl (C=O) groups is 2. The highest BCUT2D eigenvalue weighted by molar-refractivity contribution is 5.95. The molecule has 4 nitrogen and oxygen atoms in total. The Hall–Kier alpha value is -2.15. The third kappa shape index (κ3) is 3.70. The first-order chi connectivity index (χ1) is 8.35. The lowest BCUT2D eigenvalue weighted by Crippen LogP contribution is -2.28. The van der Waals surface area contributed by atoms with E-state index in [0.717, 1.165) is 0 Å². The van der Waals surface area contributed by atoms with Crippen LogP contribution in [0.25, 0.3) is 0 Å². The van der Waals surface area contributed by atoms with Gasteiger partial charge in [-0.2, -0.15) is 5.26 Å². The second-order valence-electron chi connectivity index (χ2n) is 4.85. The maximum absolute atomic E-state index is 11.8. The summed E-state index contributed by atoms with van der Waals surface area (Å²) < 4.78 is 0. The largest absolute Gasteiger partial charge is 0.326 e. The van der Waals surface area contributed by atoms with Crippen molar-refractivity contribution in [3.63, 3.8) is 0 Å². The molecule has 0 spiro atoms. The van der Waals surface area contributed by atoms with E-state index < -0.39 is 5.41 Å². The lowest BCUT2D eigenvalue weighted by Gasteiger charge is -2.20. The Bertz CT molecular complexity index is 496. The van der Waals surface area contributed by atoms with E-state index in [0.29, 0.717) is 11.3 Å². The van der Waals surface area contributed by atoms with Crippen molar-refractivity contribution in [3.05, 3.63) is 29.8 Å². The molecule has 0 aliphatic heterocycles. The van der Waals surface area contributed by atoms with Crippen molar-refractivity contribution in [1.29, 1.82) is 5.26 Å². The number of anilines is 1. The van der Waals surface area contributed by atoms with Crippen molar-refractivity contribution in [1.82, 2.24) is 0 Å². The molecular weight excluding hydrogens is 228 g/mol. The Morgan fingerprint density at radius 2 is 1.83 bits per heavy atom. The zero-order chi connectivity index (χ0) is 13.8. The van der Waals surface area contributed by atoms with E-state index in [4.69, 9.17) is 5.26 Å². The van der Waals surface area contributed by atoms with Crippen molar-refractivity contribution >= 4 is 17.4 Å². The predicted molar refractivity (Wildman–Crippen MR) is 68.9 cm³/mol. The van der Waals surface area contributed by atoms with Crippen LogP contribution in [0.3, 0.4) is 0 Å². The summed E-state index contributed by atoms with van der Waals surface area (Å²) in [4.78, 5) is 23.1. The van der Waals surface area contributed by atoms with E-state index in [1.54, 1.807) is 38.1 Å². The summed E-state index contributed by atoms with van der Waals surface area (Å²) >= 11 is 0. The Kier molecular flexibility index (Phi) is 4.22. The van der Waals surface area contributed by atoms with Crippen molar-refractivity contribution in [2.24, 2.45) is 5.41 Å². The molecule has 1 aromatic carbocycles. The molecule has 0 unspecified atom stereocenters. The molecule has 4 heteroatoms. The van der Waals surface area contributed by atoms with Crippen molar-refractivity contribution in [2.75, 3.05) is 5.32 Å². The van der Waals surface area contributed by atoms with Gasteiger partial charge in [0.15, 0.2) is 0 Å². The van der Waals surface area contributed by atoms with Gasteiger partial charge >= 0.3 is 0 Å². The minimum atomic E-state index is -0.656. The highest BCUT2D eigenvalue weighted by Gasteiger charge is 2.26. The Morgan fingerprint density at radius 3 is 2.28 bits per heavy atom. The number of nitriles is 1. The van der Waals surface area contributed by atoms with E-state index in [1.165, 1.54) is 6.92 Å². The summed E-state index contributed by atoms with van der Waals surface area (Å²) in [7, 11) is 0. The van der Waals surface area contributed by atoms with Gasteiger partial charge in [0, 0.05) is 17.5 Å². The van der Waals surface area contributed by atoms with Crippen molar-refractivity contribution in [2.45, 2.75) is 27.2 Å². The molecule has 0 aromatic heterocycles. The highest BCUT2D eigenvalue weighted by Crippen LogP contribution is 2.22. The maximum atomic E-state index is 11.8. The van der Waals surface area contributed by atoms with Gasteiger partial charge in [-0.3, -0.25) is 9.59 Å². The highest BCUT2D eigenvalue weighted by atomic mass is 16.2. The minimum Gasteiger partial charge on any atom is -0.326 e. The van der Waals surface area contributed by atoms with Crippen LogP contribution in [-0.2, 0) is 9.59 Å². The van der Waals surface area contributed by atoms with Gasteiger partial charge in [-0.1, -0.05) is 13.8 Å². The molecule has 1 rings (SSSR count). The molecule has 94 valence electrons. The molecular formula is C14H16N2O2. The summed E-state index contributed by atoms with van der Waals surface area (Å²) in [5.41, 5.74) is 0.506. The lowest BCUT2D eigenvalue weighted by atomic mass is 9.85. The fraction of sp³-hybridized carbons (Fsp3) is 0.357. The van der Waals surface area contributed by atoms with Crippen LogP contribution in [0, 0.1) is 16.7 Å². The molecule has 0 heterocycles. The lowest BCUT2D eigenvalue weighted by molar-refractivity contribution is -0.129. The number of nitrogens with one attached hydrogen (secondary N) is 1. The third-order valence-electron chi connectivity index (χ3n) is 2.85. The summed E-state index contributed by atoms with van der Waals surface area (Å²) in [5, 5.41) is 11.4. The molecule has 1 aromatic rings. The maximum Gasteiger partial charge on any atom is 0.225 e. The fourth-order valence-electron chi connectivity index (χ4n) is 1.36. The summed E-state index contributed by atoms with van der Waals surface area (Å²) in [6.07, 6.45) is 0.141. The van der Waals surface area contributed by atoms with E-state index in [9.17, 15) is 9.59 Å². The average molecular weight is 244 g/mol. The van der Waals surface area contributed by atoms with Crippen LogP contribution in [0.15, 0.2) is 24.3 Å². The number of hydrogen-bond acceptors (Lipinski definition) is 3. The van der Waals surface area contributed by atoms with E-state index in [2.05, 4.69) is 5.32 Å². The Labute approximate surface area is 107 Å². The van der Waals surface area contributed by atoms with Crippen LogP contribution in [-0.4, -0.2) is 11.7 Å². The number of rotatable bonds is 4. The van der Waals surface area contributed by atoms with Gasteiger partial charge in [0.2, 0.25) is 5.91 Å². The molecule has 0 aliphatic rings. The van der Waals surface area contributed by atoms with E-state index >= 15 is 0 Å². The Balaban J connectivity index is 2.65. The number of carbonyl (C=O) groups excluding carboxylic acids is 2. The second kappa shape index (κ2) is 5.46. The first-order valence-corrected chi connectivity index (χ1v) is 5.66. The number of Topliss-reactive ketones (excluding diaryl/α,β-unsaturated/α-hetero) is 1. The number of nitrogens with zero attached hydrogens (tertiary/aromatic N) is 1. The molecule has 0 atom stereocenters. The van der Waals surface area contributed by atoms with Crippen molar-refractivity contribution in [3.8, 4) is 6.07 Å². The van der Waals surface area contributed by atoms with Crippen molar-refractivity contribution < 1.29 is 9.59 Å². The number of hydrogen-bond donors (Lipinski definition) is 1. The predicted octanol–water partition coefficient (Wildman–Crippen LogP) is 2.50. The van der Waals surface area contributed by atoms with Gasteiger partial charge in [-0.25, -0.2) is 0 Å². The molecule has 0 fully saturated rings. The first-order valence-electron chi connectivity index (χ1n) is 5.66. The van der Waals surface area contributed by atoms with E-state index in [-0.39, 0.29) is 18.1 Å². The Morgan fingerprint density at radius 1 is 1.28 bits per heavy atom. The molecule has 0 aliphatic carbocycles. The number of ketones is 1. The van der Waals surface area contributed by atoms with Crippen LogP contribution >= 0.6 is 0 Å². The zero-order valence-electron chi connectivity index (χ0n) is 10.8. The third-order valence-corrected chi connectivity index (χ3v) is 2.85. The van der Waals surface area contributed by atoms with Crippen LogP contribution in [0.5, 0.6) is 0 Å². The van der Waals surface area contributed by atoms with Crippen LogP contribution in [0.4, 0.5) is 5.69 Å². The van der Waals surface area contributed by atoms with Gasteiger partial charge in [0.25, 0.3) is 0 Å². The van der Waals surface area contributed by atoms with Crippen LogP contribution < -0.4 is 5.32 Å². The topological polar surface area (TPSA) is 70.0 Å². The fourth-order valence-corrected chi connectivity index (χ4v) is 1.36. The first kappa shape index (κ1) is 13.9. The van der Waals surface area contributed by atoms with Gasteiger partial charge in [-0.05, 0) is 31.2 Å². The zero-order valence-corrected chi connectivity index (χ0v) is 10.8. The second-order valence-corrected chi connectivity index (χ2v) is 4.85. The standard InChI is InChI=1S/C14H16N2O2/c1-10(17)14(2,3)8-13(18)16-12-6-4-11(9-15)5-7-12/h4-7H,8H2,1-3H3,(H,16,18). The molecule has 0 saturated heterocycles. The van der Waals surface area contributed by atoms with Crippen LogP contribution in [0.1, 0.15) is 32.8 Å². The quantitative estimate of drug-likeness (QED) is 0.884. The molecule has 0 radical (unpaired) electrons. The van der Waals surface area contributed by atoms with Gasteiger partial charge in [0.1, 0.15) is 5.78 Å². The molecule has 0 bridgehead atoms. The SMILES string of the molecule is CC(=O)C(C)(C)CC(=O)Nc1ccc(C#N)cc1. The average Bonchev–Trinajstić information content (AvgIpc) is 2.29. The molecule has 1 amide bonds. The summed E-state index contributed by atoms with van der Waals surface area (Å²) in [6, 6.07) is 8.59. The number of amides is 1. The normalized spacial score (nSPS) is 10.6. The smallest absolute Gasteiger partial charge is 0.225 e. The summed E-state index contributed by atoms with van der Waals surface area (Å²) in [5.74, 6) is -0.225. The molecule has 18 heavy (non-hydrogen) atoms. The van der Waals surface area contributed by atoms with E-state index in [1.807, 2.05) is 6.07 Å². The number of benzene rings is 1. The van der Waals surface area contributed by atoms with Gasteiger partial charge in [0.05, 0.1) is 11.6 Å². The van der Waals surface area contributed by atoms with Gasteiger partial charge < -0.3 is 5.32 Å². The minimum absolute atomic E-state index is 0.0162. The molecule has 1 N–H and O–H groups in total. The van der Waals surface area contributed by atoms with Gasteiger partial charge in [-0.15, -0.1) is 0 Å².